The molecule has 0 heterocycles. The van der Waals surface area contributed by atoms with Gasteiger partial charge in [0.2, 0.25) is 0 Å². The van der Waals surface area contributed by atoms with E-state index in [1.807, 2.05) is 25.9 Å². The molecule has 0 fully saturated rings. The van der Waals surface area contributed by atoms with Gasteiger partial charge in [-0.15, -0.1) is 0 Å². The molecule has 0 saturated heterocycles. The van der Waals surface area contributed by atoms with Crippen molar-refractivity contribution in [3.05, 3.63) is 29.6 Å². The van der Waals surface area contributed by atoms with Crippen molar-refractivity contribution in [2.75, 3.05) is 32.1 Å². The van der Waals surface area contributed by atoms with Gasteiger partial charge in [0.25, 0.3) is 0 Å². The van der Waals surface area contributed by atoms with Gasteiger partial charge in [-0.05, 0) is 38.5 Å². The summed E-state index contributed by atoms with van der Waals surface area (Å²) >= 11 is 0. The fourth-order valence-electron chi connectivity index (χ4n) is 2.24. The van der Waals surface area contributed by atoms with Crippen LogP contribution in [0.5, 0.6) is 0 Å². The molecule has 23 heavy (non-hydrogen) atoms. The van der Waals surface area contributed by atoms with Crippen molar-refractivity contribution in [3.63, 3.8) is 0 Å². The largest absolute Gasteiger partial charge is 0.444 e. The number of hydrogen-bond donors (Lipinski definition) is 2. The lowest BCUT2D eigenvalue weighted by molar-refractivity contribution is 0.0516. The summed E-state index contributed by atoms with van der Waals surface area (Å²) in [5, 5.41) is 2.76. The number of nitrogens with one attached hydrogen (secondary N) is 1. The third kappa shape index (κ3) is 5.39. The highest BCUT2D eigenvalue weighted by atomic mass is 19.1. The molecule has 0 aliphatic rings. The van der Waals surface area contributed by atoms with Crippen LogP contribution in [-0.4, -0.2) is 38.9 Å². The third-order valence-electron chi connectivity index (χ3n) is 3.56. The van der Waals surface area contributed by atoms with Crippen LogP contribution in [0.3, 0.4) is 0 Å². The van der Waals surface area contributed by atoms with Gasteiger partial charge in [-0.25, -0.2) is 9.18 Å². The summed E-state index contributed by atoms with van der Waals surface area (Å²) in [5.74, 6) is -0.308. The minimum atomic E-state index is -0.562. The van der Waals surface area contributed by atoms with E-state index in [1.165, 1.54) is 12.1 Å². The van der Waals surface area contributed by atoms with Gasteiger partial charge >= 0.3 is 6.09 Å². The van der Waals surface area contributed by atoms with Crippen LogP contribution >= 0.6 is 0 Å². The first-order valence-electron chi connectivity index (χ1n) is 7.63. The first-order valence-corrected chi connectivity index (χ1v) is 7.63. The van der Waals surface area contributed by atoms with E-state index in [-0.39, 0.29) is 5.82 Å². The van der Waals surface area contributed by atoms with Gasteiger partial charge in [-0.2, -0.15) is 0 Å². The number of carbonyl (C=O) groups is 1. The number of nitrogens with two attached hydrogens (primary N) is 1. The first kappa shape index (κ1) is 19.2. The summed E-state index contributed by atoms with van der Waals surface area (Å²) in [4.78, 5) is 13.7. The molecular weight excluding hydrogens is 297 g/mol. The lowest BCUT2D eigenvalue weighted by Gasteiger charge is -2.33. The Morgan fingerprint density at radius 3 is 2.39 bits per heavy atom. The molecule has 6 heteroatoms. The van der Waals surface area contributed by atoms with Gasteiger partial charge < -0.3 is 20.7 Å². The van der Waals surface area contributed by atoms with Crippen LogP contribution in [0.25, 0.3) is 0 Å². The van der Waals surface area contributed by atoms with Gasteiger partial charge in [0.05, 0.1) is 0 Å². The van der Waals surface area contributed by atoms with E-state index in [1.54, 1.807) is 26.8 Å². The van der Waals surface area contributed by atoms with E-state index in [0.717, 1.165) is 11.3 Å². The van der Waals surface area contributed by atoms with Crippen LogP contribution in [0.15, 0.2) is 18.2 Å². The number of ether oxygens (including phenoxy) is 1. The molecule has 0 saturated carbocycles. The predicted octanol–water partition coefficient (Wildman–Crippen LogP) is 2.63. The minimum absolute atomic E-state index is 0.297. The Kier molecular flexibility index (Phi) is 5.99. The number of halogens is 1. The maximum atomic E-state index is 13.6. The summed E-state index contributed by atoms with van der Waals surface area (Å²) in [5.41, 5.74) is 6.47. The molecule has 0 aliphatic carbocycles. The number of nitrogens with zero attached hydrogens (tertiary/aromatic N) is 1. The molecule has 0 radical (unpaired) electrons. The zero-order valence-corrected chi connectivity index (χ0v) is 14.9. The number of hydrogen-bond acceptors (Lipinski definition) is 4. The van der Waals surface area contributed by atoms with E-state index >= 15 is 0 Å². The molecule has 0 bridgehead atoms. The molecule has 1 rings (SSSR count). The zero-order chi connectivity index (χ0) is 17.8. The Labute approximate surface area is 138 Å². The standard InChI is InChI=1S/C17H28FN3O2/c1-16(2,3)23-15(22)20-11-17(4,10-19)13-8-7-12(18)9-14(13)21(5)6/h7-9H,10-11,19H2,1-6H3,(H,20,22). The second kappa shape index (κ2) is 7.17. The zero-order valence-electron chi connectivity index (χ0n) is 14.9. The number of rotatable bonds is 5. The molecule has 1 aromatic carbocycles. The number of alkyl carbamates (subject to hydrolysis) is 1. The molecule has 1 unspecified atom stereocenters. The van der Waals surface area contributed by atoms with Gasteiger partial charge in [-0.3, -0.25) is 0 Å². The van der Waals surface area contributed by atoms with Crippen molar-refractivity contribution in [2.45, 2.75) is 38.7 Å². The Morgan fingerprint density at radius 2 is 1.91 bits per heavy atom. The lowest BCUT2D eigenvalue weighted by Crippen LogP contribution is -2.45. The third-order valence-corrected chi connectivity index (χ3v) is 3.56. The number of amides is 1. The highest BCUT2D eigenvalue weighted by Gasteiger charge is 2.30. The average Bonchev–Trinajstić information content (AvgIpc) is 2.42. The second-order valence-corrected chi connectivity index (χ2v) is 7.18. The molecular formula is C17H28FN3O2. The monoisotopic (exact) mass is 325 g/mol. The molecule has 0 aromatic heterocycles. The number of anilines is 1. The fourth-order valence-corrected chi connectivity index (χ4v) is 2.24. The second-order valence-electron chi connectivity index (χ2n) is 7.18. The van der Waals surface area contributed by atoms with E-state index in [9.17, 15) is 9.18 Å². The Morgan fingerprint density at radius 1 is 1.30 bits per heavy atom. The Hall–Kier alpha value is -1.82. The van der Waals surface area contributed by atoms with Crippen LogP contribution in [0.4, 0.5) is 14.9 Å². The molecule has 1 atom stereocenters. The smallest absolute Gasteiger partial charge is 0.407 e. The molecule has 1 aromatic rings. The summed E-state index contributed by atoms with van der Waals surface area (Å²) in [7, 11) is 3.69. The topological polar surface area (TPSA) is 67.6 Å². The predicted molar refractivity (Wildman–Crippen MR) is 91.4 cm³/mol. The summed E-state index contributed by atoms with van der Waals surface area (Å²) in [6.07, 6.45) is -0.495. The minimum Gasteiger partial charge on any atom is -0.444 e. The summed E-state index contributed by atoms with van der Waals surface area (Å²) in [6.45, 7) is 7.95. The number of benzene rings is 1. The molecule has 3 N–H and O–H groups in total. The maximum Gasteiger partial charge on any atom is 0.407 e. The van der Waals surface area contributed by atoms with E-state index in [4.69, 9.17) is 10.5 Å². The van der Waals surface area contributed by atoms with Crippen molar-refractivity contribution >= 4 is 11.8 Å². The van der Waals surface area contributed by atoms with Gasteiger partial charge in [0, 0.05) is 38.3 Å². The van der Waals surface area contributed by atoms with Crippen molar-refractivity contribution in [1.29, 1.82) is 0 Å². The number of carbonyl (C=O) groups excluding carboxylic acids is 1. The average molecular weight is 325 g/mol. The molecule has 130 valence electrons. The van der Waals surface area contributed by atoms with Crippen molar-refractivity contribution in [3.8, 4) is 0 Å². The van der Waals surface area contributed by atoms with Crippen LogP contribution in [0.1, 0.15) is 33.3 Å². The molecule has 1 amide bonds. The molecule has 0 spiro atoms. The fraction of sp³-hybridized carbons (Fsp3) is 0.588. The normalized spacial score (nSPS) is 14.1. The van der Waals surface area contributed by atoms with Crippen molar-refractivity contribution in [1.82, 2.24) is 5.32 Å². The van der Waals surface area contributed by atoms with Crippen LogP contribution in [0.2, 0.25) is 0 Å². The van der Waals surface area contributed by atoms with Crippen LogP contribution in [0, 0.1) is 5.82 Å². The Bertz CT molecular complexity index is 555. The maximum absolute atomic E-state index is 13.6. The van der Waals surface area contributed by atoms with Gasteiger partial charge in [-0.1, -0.05) is 13.0 Å². The highest BCUT2D eigenvalue weighted by molar-refractivity contribution is 5.68. The Balaban J connectivity index is 3.00. The van der Waals surface area contributed by atoms with Crippen LogP contribution < -0.4 is 16.0 Å². The highest BCUT2D eigenvalue weighted by Crippen LogP contribution is 2.31. The lowest BCUT2D eigenvalue weighted by atomic mass is 9.81. The molecule has 0 aliphatic heterocycles. The molecule has 5 nitrogen and oxygen atoms in total. The van der Waals surface area contributed by atoms with Crippen molar-refractivity contribution in [2.24, 2.45) is 5.73 Å². The van der Waals surface area contributed by atoms with E-state index < -0.39 is 17.1 Å². The first-order chi connectivity index (χ1) is 10.5. The van der Waals surface area contributed by atoms with Gasteiger partial charge in [0.15, 0.2) is 0 Å². The quantitative estimate of drug-likeness (QED) is 0.873. The van der Waals surface area contributed by atoms with Crippen LogP contribution in [-0.2, 0) is 10.2 Å². The SMILES string of the molecule is CN(C)c1cc(F)ccc1C(C)(CN)CNC(=O)OC(C)(C)C. The van der Waals surface area contributed by atoms with Gasteiger partial charge in [0.1, 0.15) is 11.4 Å². The summed E-state index contributed by atoms with van der Waals surface area (Å²) < 4.78 is 18.8. The summed E-state index contributed by atoms with van der Waals surface area (Å²) in [6, 6.07) is 4.59. The van der Waals surface area contributed by atoms with E-state index in [0.29, 0.717) is 13.1 Å². The van der Waals surface area contributed by atoms with E-state index in [2.05, 4.69) is 5.32 Å². The van der Waals surface area contributed by atoms with Crippen molar-refractivity contribution < 1.29 is 13.9 Å².